The molecule has 7 atom stereocenters. The van der Waals surface area contributed by atoms with Gasteiger partial charge in [-0.25, -0.2) is 0 Å². The summed E-state index contributed by atoms with van der Waals surface area (Å²) in [6.45, 7) is 24.5. The Balaban J connectivity index is 1.09. The minimum atomic E-state index is -1.10. The largest absolute Gasteiger partial charge is 0.468 e. The van der Waals surface area contributed by atoms with Gasteiger partial charge in [-0.2, -0.15) is 0 Å². The number of ether oxygens (including phenoxy) is 2. The van der Waals surface area contributed by atoms with Gasteiger partial charge in [0.1, 0.15) is 12.5 Å². The second kappa shape index (κ2) is 20.6. The van der Waals surface area contributed by atoms with Crippen molar-refractivity contribution in [3.05, 3.63) is 85.2 Å². The molecule has 5 aliphatic rings. The summed E-state index contributed by atoms with van der Waals surface area (Å²) in [5, 5.41) is 9.11. The van der Waals surface area contributed by atoms with Crippen molar-refractivity contribution < 1.29 is 23.9 Å². The minimum Gasteiger partial charge on any atom is -0.468 e. The molecule has 352 valence electrons. The first-order chi connectivity index (χ1) is 31.1. The molecule has 2 saturated heterocycles. The Kier molecular flexibility index (Phi) is 15.4. The number of hydrogen-bond donors (Lipinski definition) is 4. The Morgan fingerprint density at radius 2 is 1.65 bits per heavy atom. The topological polar surface area (TPSA) is 125 Å². The molecule has 1 spiro atoms. The number of Topliss-reactive ketones (excluding diaryl/α,β-unsaturated/α-hetero) is 1. The summed E-state index contributed by atoms with van der Waals surface area (Å²) in [5.74, 6) is 0.976. The van der Waals surface area contributed by atoms with E-state index in [1.165, 1.54) is 63.2 Å². The fourth-order valence-corrected chi connectivity index (χ4v) is 12.3. The Hall–Kier alpha value is -4.44. The number of thioether (sulfide) groups is 1. The van der Waals surface area contributed by atoms with Crippen LogP contribution in [0.3, 0.4) is 0 Å². The first-order valence-electron chi connectivity index (χ1n) is 24.7. The van der Waals surface area contributed by atoms with Crippen LogP contribution >= 0.6 is 11.8 Å². The van der Waals surface area contributed by atoms with Gasteiger partial charge in [0.15, 0.2) is 5.78 Å². The zero-order valence-corrected chi connectivity index (χ0v) is 41.8. The van der Waals surface area contributed by atoms with Gasteiger partial charge >= 0.3 is 11.9 Å². The van der Waals surface area contributed by atoms with Gasteiger partial charge < -0.3 is 30.1 Å². The quantitative estimate of drug-likeness (QED) is 0.0448. The third-order valence-corrected chi connectivity index (χ3v) is 16.6. The zero-order valence-electron chi connectivity index (χ0n) is 41.0. The lowest BCUT2D eigenvalue weighted by Crippen LogP contribution is -2.38. The van der Waals surface area contributed by atoms with Gasteiger partial charge in [0.05, 0.1) is 23.2 Å². The van der Waals surface area contributed by atoms with Crippen molar-refractivity contribution in [3.8, 4) is 0 Å². The van der Waals surface area contributed by atoms with E-state index in [1.807, 2.05) is 24.8 Å². The number of methoxy groups -OCH3 is 1. The zero-order chi connectivity index (χ0) is 46.7. The Labute approximate surface area is 392 Å². The van der Waals surface area contributed by atoms with Gasteiger partial charge in [-0.1, -0.05) is 105 Å². The van der Waals surface area contributed by atoms with E-state index >= 15 is 0 Å². The summed E-state index contributed by atoms with van der Waals surface area (Å²) in [7, 11) is 1.34. The molecule has 2 fully saturated rings. The molecule has 0 radical (unpaired) electrons. The fourth-order valence-electron chi connectivity index (χ4n) is 11.2. The van der Waals surface area contributed by atoms with E-state index in [2.05, 4.69) is 107 Å². The van der Waals surface area contributed by atoms with Crippen LogP contribution in [0.25, 0.3) is 29.9 Å². The monoisotopic (exact) mass is 905 g/mol. The number of ketones is 1. The minimum absolute atomic E-state index is 0.0454. The standard InChI is InChI=1S/C55H76N4O5S/c1-12-38-35(8)41-27-42-36(9)39(23-24-47(60)64-26-25-34(7)22-16-21-33(6)20-15-19-32(5)18-14-17-31(3)4)51(58-42)49-50(54(62)63-11)53(61)48-37(10)43(59-52(48)49)28-45-40(13-2)55(30-65-55)46(57-45)29-44(38)56-41/h12,25,27-29,31-33,36,39,50-51,56-59H,1,13-24,26,30H2,2-11H3/b34-25+,42-27-,43-28-,46-29-/t32-,33-,36+,39+,50-,51?,55-/m1/s1. The van der Waals surface area contributed by atoms with Crippen LogP contribution < -0.4 is 21.3 Å². The first-order valence-corrected chi connectivity index (χ1v) is 25.7. The average molecular weight is 905 g/mol. The van der Waals surface area contributed by atoms with Crippen molar-refractivity contribution in [2.45, 2.75) is 150 Å². The lowest BCUT2D eigenvalue weighted by Gasteiger charge is -2.25. The maximum absolute atomic E-state index is 14.5. The van der Waals surface area contributed by atoms with Crippen molar-refractivity contribution in [1.29, 1.82) is 0 Å². The van der Waals surface area contributed by atoms with Gasteiger partial charge in [-0.15, -0.1) is 11.8 Å². The number of rotatable bonds is 20. The number of hydrogen-bond acceptors (Lipinski definition) is 8. The number of fused-ring (bicyclic) bond motifs is 9. The number of aromatic nitrogens is 2. The van der Waals surface area contributed by atoms with Crippen molar-refractivity contribution >= 4 is 59.4 Å². The Morgan fingerprint density at radius 1 is 0.954 bits per heavy atom. The third-order valence-electron chi connectivity index (χ3n) is 15.3. The highest BCUT2D eigenvalue weighted by Gasteiger charge is 2.55. The first kappa shape index (κ1) is 48.5. The smallest absolute Gasteiger partial charge is 0.320 e. The summed E-state index contributed by atoms with van der Waals surface area (Å²) in [5.41, 5.74) is 11.8. The van der Waals surface area contributed by atoms with Crippen LogP contribution in [-0.2, 0) is 19.1 Å². The SMILES string of the molecule is C=Cc1c2[nH]c(c1C)/C=C1\NC(C3=c4[nH]/c(c(C)c4C(=O)[C@@H]3C(=O)OC)=C\C3=C(CC)[C@]4(CS4)/C(=C/2)N3)[C@@H](CCC(=O)OC/C=C(\C)CCC[C@H](C)CCC[C@H](C)CCCC(C)C)[C@@H]1C. The van der Waals surface area contributed by atoms with Crippen LogP contribution in [0.1, 0.15) is 164 Å². The van der Waals surface area contributed by atoms with E-state index in [0.717, 1.165) is 93.3 Å². The molecule has 2 aromatic heterocycles. The summed E-state index contributed by atoms with van der Waals surface area (Å²) in [4.78, 5) is 49.0. The van der Waals surface area contributed by atoms with Crippen molar-refractivity contribution in [2.24, 2.45) is 35.5 Å². The van der Waals surface area contributed by atoms with Crippen LogP contribution in [0.5, 0.6) is 0 Å². The molecule has 1 unspecified atom stereocenters. The van der Waals surface area contributed by atoms with Crippen LogP contribution in [0.4, 0.5) is 0 Å². The number of esters is 2. The molecular weight excluding hydrogens is 829 g/mol. The van der Waals surface area contributed by atoms with E-state index in [9.17, 15) is 14.4 Å². The molecule has 10 heteroatoms. The number of carbonyl (C=O) groups is 3. The number of carbonyl (C=O) groups excluding carboxylic acids is 3. The van der Waals surface area contributed by atoms with Crippen LogP contribution in [0, 0.1) is 49.4 Å². The highest BCUT2D eigenvalue weighted by Crippen LogP contribution is 2.60. The highest BCUT2D eigenvalue weighted by molar-refractivity contribution is 8.08. The third kappa shape index (κ3) is 10.1. The molecule has 0 amide bonds. The Bertz CT molecular complexity index is 2420. The second-order valence-corrected chi connectivity index (χ2v) is 21.7. The Morgan fingerprint density at radius 3 is 2.29 bits per heavy atom. The lowest BCUT2D eigenvalue weighted by molar-refractivity contribution is -0.143. The molecule has 0 saturated carbocycles. The highest BCUT2D eigenvalue weighted by atomic mass is 32.2. The normalized spacial score (nSPS) is 26.3. The molecule has 6 heterocycles. The second-order valence-electron chi connectivity index (χ2n) is 20.4. The number of nitrogens with one attached hydrogen (secondary N) is 4. The van der Waals surface area contributed by atoms with Crippen LogP contribution in [0.2, 0.25) is 0 Å². The van der Waals surface area contributed by atoms with Crippen LogP contribution in [-0.4, -0.2) is 57.9 Å². The summed E-state index contributed by atoms with van der Waals surface area (Å²) < 4.78 is 11.1. The summed E-state index contributed by atoms with van der Waals surface area (Å²) >= 11 is 1.94. The molecule has 7 rings (SSSR count). The van der Waals surface area contributed by atoms with Crippen LogP contribution in [0.15, 0.2) is 40.9 Å². The predicted octanol–water partition coefficient (Wildman–Crippen LogP) is 10.6. The van der Waals surface area contributed by atoms with E-state index in [0.29, 0.717) is 22.9 Å². The molecule has 9 nitrogen and oxygen atoms in total. The lowest BCUT2D eigenvalue weighted by atomic mass is 9.80. The predicted molar refractivity (Wildman–Crippen MR) is 268 cm³/mol. The van der Waals surface area contributed by atoms with Gasteiger partial charge in [0.2, 0.25) is 0 Å². The molecule has 65 heavy (non-hydrogen) atoms. The number of aromatic amines is 2. The summed E-state index contributed by atoms with van der Waals surface area (Å²) in [6, 6.07) is -0.430. The van der Waals surface area contributed by atoms with E-state index in [4.69, 9.17) is 9.47 Å². The molecule has 4 aliphatic heterocycles. The number of H-pyrrole nitrogens is 2. The van der Waals surface area contributed by atoms with Gasteiger partial charge in [0, 0.05) is 63.0 Å². The van der Waals surface area contributed by atoms with Crippen molar-refractivity contribution in [3.63, 3.8) is 0 Å². The molecule has 8 bridgehead atoms. The molecule has 1 aliphatic carbocycles. The average Bonchev–Trinajstić information content (AvgIpc) is 3.50. The maximum Gasteiger partial charge on any atom is 0.320 e. The molecule has 2 aromatic rings. The van der Waals surface area contributed by atoms with Gasteiger partial charge in [0.25, 0.3) is 0 Å². The fraction of sp³-hybridized carbons (Fsp3) is 0.582. The maximum atomic E-state index is 14.5. The van der Waals surface area contributed by atoms with Gasteiger partial charge in [-0.05, 0) is 117 Å². The van der Waals surface area contributed by atoms with E-state index < -0.39 is 17.9 Å². The van der Waals surface area contributed by atoms with Gasteiger partial charge in [-0.3, -0.25) is 14.4 Å². The molecular formula is C55H76N4O5S. The number of allylic oxidation sites excluding steroid dienone is 3. The molecule has 4 N–H and O–H groups in total. The summed E-state index contributed by atoms with van der Waals surface area (Å²) in [6.07, 6.45) is 23.5. The molecule has 0 aromatic carbocycles. The van der Waals surface area contributed by atoms with Crippen molar-refractivity contribution in [2.75, 3.05) is 19.5 Å². The van der Waals surface area contributed by atoms with Crippen molar-refractivity contribution in [1.82, 2.24) is 20.6 Å². The van der Waals surface area contributed by atoms with E-state index in [1.54, 1.807) is 0 Å². The van der Waals surface area contributed by atoms with E-state index in [-0.39, 0.29) is 41.4 Å².